The van der Waals surface area contributed by atoms with Crippen LogP contribution in [-0.4, -0.2) is 37.2 Å². The maximum Gasteiger partial charge on any atom is 0.318 e. The molecule has 1 saturated heterocycles. The van der Waals surface area contributed by atoms with Gasteiger partial charge in [0.25, 0.3) is 0 Å². The second-order valence-corrected chi connectivity index (χ2v) is 11.3. The first-order valence-electron chi connectivity index (χ1n) is 13.7. The van der Waals surface area contributed by atoms with E-state index in [9.17, 15) is 15.0 Å². The monoisotopic (exact) mass is 524 g/mol. The quantitative estimate of drug-likeness (QED) is 0.316. The number of nitrogens with one attached hydrogen (secondary N) is 4. The highest BCUT2D eigenvalue weighted by Gasteiger charge is 2.44. The molecule has 39 heavy (non-hydrogen) atoms. The Labute approximate surface area is 227 Å². The second kappa shape index (κ2) is 8.70. The summed E-state index contributed by atoms with van der Waals surface area (Å²) in [7, 11) is 0. The molecule has 0 radical (unpaired) electrons. The van der Waals surface area contributed by atoms with Gasteiger partial charge in [-0.3, -0.25) is 4.79 Å². The number of aromatic amines is 3. The van der Waals surface area contributed by atoms with Crippen LogP contribution >= 0.6 is 0 Å². The Hall–Kier alpha value is -4.13. The third-order valence-corrected chi connectivity index (χ3v) is 9.38. The van der Waals surface area contributed by atoms with Crippen LogP contribution < -0.4 is 26.6 Å². The van der Waals surface area contributed by atoms with Gasteiger partial charge in [-0.2, -0.15) is 0 Å². The van der Waals surface area contributed by atoms with E-state index in [1.54, 1.807) is 0 Å². The molecule has 6 rings (SSSR count). The summed E-state index contributed by atoms with van der Waals surface area (Å²) in [6.07, 6.45) is 9.14. The van der Waals surface area contributed by atoms with Crippen molar-refractivity contribution in [2.75, 3.05) is 0 Å². The number of aliphatic hydroxyl groups excluding tert-OH is 1. The number of rotatable bonds is 3. The van der Waals surface area contributed by atoms with E-state index in [-0.39, 0.29) is 23.6 Å². The molecule has 6 N–H and O–H groups in total. The fraction of sp³-hybridized carbons (Fsp3) is 0.344. The summed E-state index contributed by atoms with van der Waals surface area (Å²) in [5.74, 6) is -1.95. The minimum absolute atomic E-state index is 0.0889. The predicted molar refractivity (Wildman–Crippen MR) is 155 cm³/mol. The van der Waals surface area contributed by atoms with Gasteiger partial charge in [-0.15, -0.1) is 0 Å². The molecule has 2 aliphatic heterocycles. The van der Waals surface area contributed by atoms with E-state index in [2.05, 4.69) is 79.7 Å². The van der Waals surface area contributed by atoms with Crippen molar-refractivity contribution < 1.29 is 15.0 Å². The molecule has 1 unspecified atom stereocenters. The van der Waals surface area contributed by atoms with Gasteiger partial charge in [0.15, 0.2) is 0 Å². The SMILES string of the molecule is C=Cc1c2[nH]c(c1C)/C=C1/NC(C3=c4[nH]c(c(C)c4=C(O)[C@@H]3C(=O)O)/C=c3\[nH]/c(c(C)c3CC)=C\2)[C@@H](C)[C@@H]1C. The van der Waals surface area contributed by atoms with Crippen molar-refractivity contribution >= 4 is 41.6 Å². The van der Waals surface area contributed by atoms with Crippen molar-refractivity contribution in [2.45, 2.75) is 54.0 Å². The Morgan fingerprint density at radius 3 is 2.33 bits per heavy atom. The first-order valence-corrected chi connectivity index (χ1v) is 13.7. The lowest BCUT2D eigenvalue weighted by atomic mass is 9.84. The van der Waals surface area contributed by atoms with Gasteiger partial charge < -0.3 is 30.5 Å². The van der Waals surface area contributed by atoms with Gasteiger partial charge in [-0.05, 0) is 79.2 Å². The molecule has 0 amide bonds. The van der Waals surface area contributed by atoms with Crippen LogP contribution in [0, 0.1) is 38.5 Å². The third kappa shape index (κ3) is 3.45. The zero-order chi connectivity index (χ0) is 27.9. The number of hydrogen-bond donors (Lipinski definition) is 6. The maximum atomic E-state index is 12.5. The Morgan fingerprint density at radius 1 is 0.974 bits per heavy atom. The van der Waals surface area contributed by atoms with E-state index in [1.165, 1.54) is 11.1 Å². The summed E-state index contributed by atoms with van der Waals surface area (Å²) in [6, 6.07) is -0.250. The number of carboxylic acids is 1. The first-order chi connectivity index (χ1) is 18.6. The number of carbonyl (C=O) groups is 1. The van der Waals surface area contributed by atoms with Crippen LogP contribution in [0.1, 0.15) is 65.7 Å². The molecule has 0 aromatic carbocycles. The molecule has 0 spiro atoms. The molecule has 3 aliphatic rings. The number of H-pyrrole nitrogens is 3. The number of aliphatic carboxylic acids is 1. The van der Waals surface area contributed by atoms with Crippen LogP contribution in [0.3, 0.4) is 0 Å². The summed E-state index contributed by atoms with van der Waals surface area (Å²) in [5, 5.41) is 28.5. The lowest BCUT2D eigenvalue weighted by Crippen LogP contribution is -2.36. The summed E-state index contributed by atoms with van der Waals surface area (Å²) in [5.41, 5.74) is 10.0. The Balaban J connectivity index is 1.76. The summed E-state index contributed by atoms with van der Waals surface area (Å²) in [4.78, 5) is 23.3. The maximum absolute atomic E-state index is 12.5. The minimum Gasteiger partial charge on any atom is -0.510 e. The predicted octanol–water partition coefficient (Wildman–Crippen LogP) is 2.59. The Bertz CT molecular complexity index is 1860. The number of hydrogen-bond acceptors (Lipinski definition) is 3. The second-order valence-electron chi connectivity index (χ2n) is 11.3. The van der Waals surface area contributed by atoms with Gasteiger partial charge in [0.05, 0.1) is 11.4 Å². The molecule has 7 heteroatoms. The summed E-state index contributed by atoms with van der Waals surface area (Å²) in [6.45, 7) is 16.7. The van der Waals surface area contributed by atoms with Crippen LogP contribution in [-0.2, 0) is 11.2 Å². The van der Waals surface area contributed by atoms with E-state index in [0.717, 1.165) is 56.6 Å². The lowest BCUT2D eigenvalue weighted by molar-refractivity contribution is -0.138. The van der Waals surface area contributed by atoms with E-state index in [0.29, 0.717) is 16.1 Å². The zero-order valence-corrected chi connectivity index (χ0v) is 23.3. The van der Waals surface area contributed by atoms with E-state index in [1.807, 2.05) is 13.0 Å². The number of fused-ring (bicyclic) bond motifs is 8. The number of carboxylic acid groups (broad SMARTS) is 1. The van der Waals surface area contributed by atoms with Gasteiger partial charge in [0, 0.05) is 50.2 Å². The molecule has 202 valence electrons. The van der Waals surface area contributed by atoms with Gasteiger partial charge in [0.1, 0.15) is 11.7 Å². The number of aliphatic hydroxyl groups is 1. The Kier molecular flexibility index (Phi) is 5.61. The molecule has 4 atom stereocenters. The van der Waals surface area contributed by atoms with Crippen molar-refractivity contribution in [3.63, 3.8) is 0 Å². The number of allylic oxidation sites excluding steroid dienone is 1. The van der Waals surface area contributed by atoms with Crippen LogP contribution in [0.2, 0.25) is 0 Å². The topological polar surface area (TPSA) is 117 Å². The molecule has 1 aliphatic carbocycles. The normalized spacial score (nSPS) is 26.4. The van der Waals surface area contributed by atoms with Gasteiger partial charge in [0.2, 0.25) is 0 Å². The highest BCUT2D eigenvalue weighted by Crippen LogP contribution is 2.39. The highest BCUT2D eigenvalue weighted by molar-refractivity contribution is 5.94. The molecule has 5 heterocycles. The highest BCUT2D eigenvalue weighted by atomic mass is 16.4. The van der Waals surface area contributed by atoms with Gasteiger partial charge >= 0.3 is 5.97 Å². The third-order valence-electron chi connectivity index (χ3n) is 9.38. The van der Waals surface area contributed by atoms with Crippen LogP contribution in [0.4, 0.5) is 0 Å². The van der Waals surface area contributed by atoms with Crippen LogP contribution in [0.15, 0.2) is 12.3 Å². The summed E-state index contributed by atoms with van der Waals surface area (Å²) < 4.78 is 0. The minimum atomic E-state index is -1.09. The fourth-order valence-corrected chi connectivity index (χ4v) is 6.88. The van der Waals surface area contributed by atoms with Crippen molar-refractivity contribution in [3.05, 3.63) is 78.4 Å². The van der Waals surface area contributed by atoms with Crippen molar-refractivity contribution in [2.24, 2.45) is 17.8 Å². The van der Waals surface area contributed by atoms with E-state index >= 15 is 0 Å². The van der Waals surface area contributed by atoms with Crippen molar-refractivity contribution in [3.8, 4) is 0 Å². The van der Waals surface area contributed by atoms with Gasteiger partial charge in [-0.25, -0.2) is 0 Å². The smallest absolute Gasteiger partial charge is 0.318 e. The van der Waals surface area contributed by atoms with Crippen LogP contribution in [0.5, 0.6) is 0 Å². The fourth-order valence-electron chi connectivity index (χ4n) is 6.88. The first kappa shape index (κ1) is 25.2. The zero-order valence-electron chi connectivity index (χ0n) is 23.3. The average Bonchev–Trinajstić information content (AvgIpc) is 3.62. The largest absolute Gasteiger partial charge is 0.510 e. The summed E-state index contributed by atoms with van der Waals surface area (Å²) >= 11 is 0. The van der Waals surface area contributed by atoms with Crippen LogP contribution in [0.25, 0.3) is 35.6 Å². The molecule has 3 aromatic heterocycles. The molecule has 1 fully saturated rings. The van der Waals surface area contributed by atoms with Gasteiger partial charge in [-0.1, -0.05) is 33.4 Å². The van der Waals surface area contributed by atoms with E-state index in [4.69, 9.17) is 0 Å². The van der Waals surface area contributed by atoms with Crippen molar-refractivity contribution in [1.29, 1.82) is 0 Å². The molecule has 0 saturated carbocycles. The molecule has 8 bridgehead atoms. The lowest BCUT2D eigenvalue weighted by Gasteiger charge is -2.23. The average molecular weight is 525 g/mol. The van der Waals surface area contributed by atoms with E-state index < -0.39 is 11.9 Å². The molecule has 7 nitrogen and oxygen atoms in total. The Morgan fingerprint density at radius 2 is 1.67 bits per heavy atom. The number of aromatic nitrogens is 3. The standard InChI is InChI=1S/C32H36N4O3/c1-8-18-15(5)21-10-20-13(3)14(4)29(35-20)27-28(32(38)39)31(37)26-17(7)23(36-30(26)27)12-25-19(9-2)16(6)22(34-25)11-24(18)33-21/h8,10-14,28-29,33-37H,1,9H2,2-7H3,(H,38,39)/b20-10+,22-11-,25-12-/t13-,14-,28+,29?/m0/s1. The molecule has 3 aromatic rings. The van der Waals surface area contributed by atoms with Crippen molar-refractivity contribution in [1.82, 2.24) is 20.3 Å². The molecular formula is C32H36N4O3. The molecular weight excluding hydrogens is 488 g/mol.